The lowest BCUT2D eigenvalue weighted by molar-refractivity contribution is 0.194. The Morgan fingerprint density at radius 2 is 2.20 bits per heavy atom. The number of halogens is 1. The molecule has 1 aromatic heterocycles. The van der Waals surface area contributed by atoms with E-state index in [0.29, 0.717) is 5.02 Å². The van der Waals surface area contributed by atoms with Gasteiger partial charge in [0.25, 0.3) is 0 Å². The van der Waals surface area contributed by atoms with Crippen molar-refractivity contribution in [2.75, 3.05) is 13.1 Å². The molecule has 1 aliphatic rings. The second-order valence-electron chi connectivity index (χ2n) is 5.01. The summed E-state index contributed by atoms with van der Waals surface area (Å²) in [4.78, 5) is 0. The highest BCUT2D eigenvalue weighted by Gasteiger charge is 2.14. The molecular weight excluding hydrogens is 274 g/mol. The number of aromatic nitrogens is 2. The van der Waals surface area contributed by atoms with Gasteiger partial charge in [-0.05, 0) is 37.9 Å². The summed E-state index contributed by atoms with van der Waals surface area (Å²) in [6.07, 6.45) is 7.36. The standard InChI is InChI=1S/C15H18ClN3O/c16-14-6-1-2-7-15(14)19-11-13(10-18-19)20-12-5-3-4-8-17-9-12/h1-2,6-7,10-12,17H,3-5,8-9H2. The molecule has 2 heterocycles. The Morgan fingerprint density at radius 3 is 3.10 bits per heavy atom. The summed E-state index contributed by atoms with van der Waals surface area (Å²) < 4.78 is 7.74. The van der Waals surface area contributed by atoms with Gasteiger partial charge in [-0.15, -0.1) is 0 Å². The first-order valence-corrected chi connectivity index (χ1v) is 7.38. The van der Waals surface area contributed by atoms with E-state index in [2.05, 4.69) is 10.4 Å². The Hall–Kier alpha value is -1.52. The summed E-state index contributed by atoms with van der Waals surface area (Å²) in [6, 6.07) is 7.64. The molecule has 0 radical (unpaired) electrons. The molecule has 20 heavy (non-hydrogen) atoms. The Morgan fingerprint density at radius 1 is 1.30 bits per heavy atom. The maximum atomic E-state index is 6.17. The van der Waals surface area contributed by atoms with Crippen LogP contribution in [0.5, 0.6) is 5.75 Å². The molecule has 3 rings (SSSR count). The smallest absolute Gasteiger partial charge is 0.158 e. The number of hydrogen-bond donors (Lipinski definition) is 1. The zero-order valence-corrected chi connectivity index (χ0v) is 12.0. The molecule has 1 aliphatic heterocycles. The molecule has 0 spiro atoms. The second kappa shape index (κ2) is 6.29. The van der Waals surface area contributed by atoms with Crippen LogP contribution < -0.4 is 10.1 Å². The molecular formula is C15H18ClN3O. The maximum Gasteiger partial charge on any atom is 0.158 e. The molecule has 106 valence electrons. The van der Waals surface area contributed by atoms with Crippen LogP contribution in [0.4, 0.5) is 0 Å². The van der Waals surface area contributed by atoms with Crippen LogP contribution in [0.3, 0.4) is 0 Å². The van der Waals surface area contributed by atoms with Crippen molar-refractivity contribution in [2.24, 2.45) is 0 Å². The molecule has 5 heteroatoms. The zero-order valence-electron chi connectivity index (χ0n) is 11.3. The van der Waals surface area contributed by atoms with Crippen molar-refractivity contribution in [1.29, 1.82) is 0 Å². The number of nitrogens with one attached hydrogen (secondary N) is 1. The molecule has 0 bridgehead atoms. The van der Waals surface area contributed by atoms with E-state index >= 15 is 0 Å². The second-order valence-corrected chi connectivity index (χ2v) is 5.42. The Kier molecular flexibility index (Phi) is 4.23. The number of para-hydroxylation sites is 1. The van der Waals surface area contributed by atoms with E-state index in [9.17, 15) is 0 Å². The Balaban J connectivity index is 1.72. The third-order valence-corrected chi connectivity index (χ3v) is 3.78. The first kappa shape index (κ1) is 13.5. The molecule has 2 aromatic rings. The van der Waals surface area contributed by atoms with Crippen molar-refractivity contribution in [3.05, 3.63) is 41.7 Å². The van der Waals surface area contributed by atoms with E-state index in [0.717, 1.165) is 30.9 Å². The van der Waals surface area contributed by atoms with Crippen molar-refractivity contribution in [3.8, 4) is 11.4 Å². The predicted octanol–water partition coefficient (Wildman–Crippen LogP) is 3.05. The quantitative estimate of drug-likeness (QED) is 0.945. The fourth-order valence-corrected chi connectivity index (χ4v) is 2.64. The largest absolute Gasteiger partial charge is 0.486 e. The van der Waals surface area contributed by atoms with Crippen LogP contribution in [-0.4, -0.2) is 29.0 Å². The van der Waals surface area contributed by atoms with Gasteiger partial charge < -0.3 is 10.1 Å². The van der Waals surface area contributed by atoms with Crippen molar-refractivity contribution >= 4 is 11.6 Å². The lowest BCUT2D eigenvalue weighted by Gasteiger charge is -2.15. The van der Waals surface area contributed by atoms with Gasteiger partial charge in [-0.2, -0.15) is 5.10 Å². The highest BCUT2D eigenvalue weighted by atomic mass is 35.5. The lowest BCUT2D eigenvalue weighted by Crippen LogP contribution is -2.29. The van der Waals surface area contributed by atoms with Gasteiger partial charge in [0, 0.05) is 6.54 Å². The summed E-state index contributed by atoms with van der Waals surface area (Å²) in [5.41, 5.74) is 0.864. The molecule has 1 fully saturated rings. The summed E-state index contributed by atoms with van der Waals surface area (Å²) in [5.74, 6) is 0.790. The normalized spacial score (nSPS) is 19.6. The minimum atomic E-state index is 0.224. The average molecular weight is 292 g/mol. The molecule has 0 saturated carbocycles. The average Bonchev–Trinajstić information content (AvgIpc) is 2.75. The minimum Gasteiger partial charge on any atom is -0.486 e. The molecule has 0 aliphatic carbocycles. The van der Waals surface area contributed by atoms with Crippen molar-refractivity contribution in [1.82, 2.24) is 15.1 Å². The SMILES string of the molecule is Clc1ccccc1-n1cc(OC2CCCCNC2)cn1. The van der Waals surface area contributed by atoms with Gasteiger partial charge >= 0.3 is 0 Å². The van der Waals surface area contributed by atoms with Crippen molar-refractivity contribution in [2.45, 2.75) is 25.4 Å². The van der Waals surface area contributed by atoms with Gasteiger partial charge in [0.15, 0.2) is 5.75 Å². The highest BCUT2D eigenvalue weighted by molar-refractivity contribution is 6.32. The summed E-state index contributed by atoms with van der Waals surface area (Å²) >= 11 is 6.17. The van der Waals surface area contributed by atoms with Crippen LogP contribution in [-0.2, 0) is 0 Å². The molecule has 1 saturated heterocycles. The monoisotopic (exact) mass is 291 g/mol. The molecule has 0 amide bonds. The van der Waals surface area contributed by atoms with E-state index in [4.69, 9.17) is 16.3 Å². The van der Waals surface area contributed by atoms with Crippen LogP contribution in [0.15, 0.2) is 36.7 Å². The molecule has 4 nitrogen and oxygen atoms in total. The topological polar surface area (TPSA) is 39.1 Å². The fourth-order valence-electron chi connectivity index (χ4n) is 2.42. The summed E-state index contributed by atoms with van der Waals surface area (Å²) in [7, 11) is 0. The number of benzene rings is 1. The number of hydrogen-bond acceptors (Lipinski definition) is 3. The van der Waals surface area contributed by atoms with Crippen LogP contribution in [0, 0.1) is 0 Å². The zero-order chi connectivity index (χ0) is 13.8. The van der Waals surface area contributed by atoms with Gasteiger partial charge in [-0.25, -0.2) is 4.68 Å². The molecule has 1 atom stereocenters. The summed E-state index contributed by atoms with van der Waals surface area (Å²) in [5, 5.41) is 8.39. The van der Waals surface area contributed by atoms with E-state index in [1.807, 2.05) is 30.5 Å². The summed E-state index contributed by atoms with van der Waals surface area (Å²) in [6.45, 7) is 1.98. The van der Waals surface area contributed by atoms with Gasteiger partial charge in [-0.3, -0.25) is 0 Å². The molecule has 1 unspecified atom stereocenters. The number of nitrogens with zero attached hydrogens (tertiary/aromatic N) is 2. The fraction of sp³-hybridized carbons (Fsp3) is 0.400. The van der Waals surface area contributed by atoms with E-state index in [1.54, 1.807) is 10.9 Å². The number of rotatable bonds is 3. The van der Waals surface area contributed by atoms with Crippen molar-refractivity contribution < 1.29 is 4.74 Å². The first-order chi connectivity index (χ1) is 9.83. The van der Waals surface area contributed by atoms with Crippen LogP contribution in [0.25, 0.3) is 5.69 Å². The third-order valence-electron chi connectivity index (χ3n) is 3.46. The van der Waals surface area contributed by atoms with E-state index in [1.165, 1.54) is 12.8 Å². The maximum absolute atomic E-state index is 6.17. The van der Waals surface area contributed by atoms with Gasteiger partial charge in [0.05, 0.1) is 23.1 Å². The Bertz CT molecular complexity index is 562. The minimum absolute atomic E-state index is 0.224. The van der Waals surface area contributed by atoms with Crippen LogP contribution >= 0.6 is 11.6 Å². The van der Waals surface area contributed by atoms with Crippen LogP contribution in [0.2, 0.25) is 5.02 Å². The van der Waals surface area contributed by atoms with Crippen molar-refractivity contribution in [3.63, 3.8) is 0 Å². The first-order valence-electron chi connectivity index (χ1n) is 7.00. The Labute approximate surface area is 123 Å². The molecule has 1 N–H and O–H groups in total. The lowest BCUT2D eigenvalue weighted by atomic mass is 10.2. The van der Waals surface area contributed by atoms with Gasteiger partial charge in [0.2, 0.25) is 0 Å². The van der Waals surface area contributed by atoms with E-state index < -0.39 is 0 Å². The van der Waals surface area contributed by atoms with Gasteiger partial charge in [-0.1, -0.05) is 23.7 Å². The highest BCUT2D eigenvalue weighted by Crippen LogP contribution is 2.22. The predicted molar refractivity (Wildman–Crippen MR) is 79.7 cm³/mol. The van der Waals surface area contributed by atoms with Gasteiger partial charge in [0.1, 0.15) is 6.10 Å². The molecule has 1 aromatic carbocycles. The van der Waals surface area contributed by atoms with Crippen LogP contribution in [0.1, 0.15) is 19.3 Å². The van der Waals surface area contributed by atoms with E-state index in [-0.39, 0.29) is 6.10 Å². The third kappa shape index (κ3) is 3.14. The number of ether oxygens (including phenoxy) is 1.